The van der Waals surface area contributed by atoms with E-state index in [1.54, 1.807) is 13.1 Å². The molecule has 2 aromatic rings. The molecule has 0 bridgehead atoms. The molecule has 1 aromatic carbocycles. The second kappa shape index (κ2) is 7.42. The molecule has 1 aliphatic carbocycles. The minimum Gasteiger partial charge on any atom is -0.364 e. The number of carbonyl (C=O) groups excluding carboxylic acids is 1. The molecular formula is C18H23N3O2. The number of ether oxygens (including phenoxy) is 1. The van der Waals surface area contributed by atoms with Crippen molar-refractivity contribution in [3.63, 3.8) is 0 Å². The molecule has 1 aromatic heterocycles. The minimum atomic E-state index is -0.477. The van der Waals surface area contributed by atoms with Gasteiger partial charge in [-0.05, 0) is 37.8 Å². The van der Waals surface area contributed by atoms with Crippen LogP contribution in [-0.4, -0.2) is 21.8 Å². The zero-order valence-electron chi connectivity index (χ0n) is 13.4. The van der Waals surface area contributed by atoms with E-state index in [9.17, 15) is 4.79 Å². The summed E-state index contributed by atoms with van der Waals surface area (Å²) in [5.41, 5.74) is 2.12. The Kier molecular flexibility index (Phi) is 5.08. The molecule has 1 atom stereocenters. The number of hydrogen-bond donors (Lipinski definition) is 1. The van der Waals surface area contributed by atoms with Crippen LogP contribution in [0.15, 0.2) is 42.6 Å². The third-order valence-electron chi connectivity index (χ3n) is 4.33. The Morgan fingerprint density at radius 1 is 1.35 bits per heavy atom. The van der Waals surface area contributed by atoms with Gasteiger partial charge in [-0.15, -0.1) is 0 Å². The largest absolute Gasteiger partial charge is 0.364 e. The van der Waals surface area contributed by atoms with E-state index in [0.29, 0.717) is 19.2 Å². The third kappa shape index (κ3) is 3.99. The van der Waals surface area contributed by atoms with Crippen molar-refractivity contribution in [2.24, 2.45) is 0 Å². The van der Waals surface area contributed by atoms with Gasteiger partial charge in [-0.1, -0.05) is 30.3 Å². The van der Waals surface area contributed by atoms with Crippen molar-refractivity contribution >= 4 is 5.91 Å². The molecule has 0 saturated heterocycles. The zero-order chi connectivity index (χ0) is 16.1. The van der Waals surface area contributed by atoms with Gasteiger partial charge in [0.2, 0.25) is 5.91 Å². The van der Waals surface area contributed by atoms with E-state index in [1.165, 1.54) is 19.3 Å². The van der Waals surface area contributed by atoms with Gasteiger partial charge in [-0.2, -0.15) is 5.10 Å². The molecule has 0 aliphatic heterocycles. The Hall–Kier alpha value is -2.14. The summed E-state index contributed by atoms with van der Waals surface area (Å²) in [5.74, 6) is -0.0951. The lowest BCUT2D eigenvalue weighted by atomic mass is 9.93. The molecule has 0 spiro atoms. The SMILES string of the molecule is C[C@H](OCc1ccccc1)C(=O)NCc1ccnn1C1CCC1. The predicted octanol–water partition coefficient (Wildman–Crippen LogP) is 2.83. The average molecular weight is 313 g/mol. The summed E-state index contributed by atoms with van der Waals surface area (Å²) >= 11 is 0. The maximum atomic E-state index is 12.2. The molecule has 122 valence electrons. The fourth-order valence-electron chi connectivity index (χ4n) is 2.63. The lowest BCUT2D eigenvalue weighted by molar-refractivity contribution is -0.132. The van der Waals surface area contributed by atoms with E-state index in [2.05, 4.69) is 10.4 Å². The molecular weight excluding hydrogens is 290 g/mol. The average Bonchev–Trinajstić information content (AvgIpc) is 2.97. The highest BCUT2D eigenvalue weighted by Crippen LogP contribution is 2.31. The van der Waals surface area contributed by atoms with Gasteiger partial charge in [0, 0.05) is 6.20 Å². The predicted molar refractivity (Wildman–Crippen MR) is 87.7 cm³/mol. The summed E-state index contributed by atoms with van der Waals surface area (Å²) in [6, 6.07) is 12.3. The van der Waals surface area contributed by atoms with Crippen LogP contribution in [0.2, 0.25) is 0 Å². The summed E-state index contributed by atoms with van der Waals surface area (Å²) in [4.78, 5) is 12.2. The van der Waals surface area contributed by atoms with E-state index in [0.717, 1.165) is 11.3 Å². The van der Waals surface area contributed by atoms with Gasteiger partial charge in [0.25, 0.3) is 0 Å². The van der Waals surface area contributed by atoms with Crippen LogP contribution in [-0.2, 0) is 22.7 Å². The first-order valence-electron chi connectivity index (χ1n) is 8.19. The number of rotatable bonds is 7. The highest BCUT2D eigenvalue weighted by molar-refractivity contribution is 5.80. The highest BCUT2D eigenvalue weighted by atomic mass is 16.5. The van der Waals surface area contributed by atoms with Crippen molar-refractivity contribution < 1.29 is 9.53 Å². The molecule has 23 heavy (non-hydrogen) atoms. The molecule has 1 amide bonds. The van der Waals surface area contributed by atoms with Gasteiger partial charge in [-0.3, -0.25) is 9.48 Å². The Balaban J connectivity index is 1.46. The maximum absolute atomic E-state index is 12.2. The van der Waals surface area contributed by atoms with E-state index < -0.39 is 6.10 Å². The first-order valence-corrected chi connectivity index (χ1v) is 8.19. The van der Waals surface area contributed by atoms with Gasteiger partial charge in [0.05, 0.1) is 24.9 Å². The Bertz CT molecular complexity index is 635. The molecule has 1 aliphatic rings. The van der Waals surface area contributed by atoms with Crippen molar-refractivity contribution in [2.45, 2.75) is 51.5 Å². The van der Waals surface area contributed by atoms with Crippen LogP contribution in [0.25, 0.3) is 0 Å². The summed E-state index contributed by atoms with van der Waals surface area (Å²) in [6.45, 7) is 2.71. The first-order chi connectivity index (χ1) is 11.2. The van der Waals surface area contributed by atoms with E-state index in [-0.39, 0.29) is 5.91 Å². The van der Waals surface area contributed by atoms with Crippen LogP contribution in [0.1, 0.15) is 43.5 Å². The number of benzene rings is 1. The number of aromatic nitrogens is 2. The van der Waals surface area contributed by atoms with Gasteiger partial charge >= 0.3 is 0 Å². The van der Waals surface area contributed by atoms with Crippen molar-refractivity contribution in [1.29, 1.82) is 0 Å². The second-order valence-electron chi connectivity index (χ2n) is 6.01. The quantitative estimate of drug-likeness (QED) is 0.855. The lowest BCUT2D eigenvalue weighted by Crippen LogP contribution is -2.35. The Labute approximate surface area is 136 Å². The fourth-order valence-corrected chi connectivity index (χ4v) is 2.63. The van der Waals surface area contributed by atoms with Gasteiger partial charge in [0.1, 0.15) is 6.10 Å². The van der Waals surface area contributed by atoms with Crippen LogP contribution in [0.4, 0.5) is 0 Å². The van der Waals surface area contributed by atoms with E-state index in [1.807, 2.05) is 41.1 Å². The van der Waals surface area contributed by atoms with E-state index in [4.69, 9.17) is 4.74 Å². The normalized spacial score (nSPS) is 15.9. The smallest absolute Gasteiger partial charge is 0.249 e. The molecule has 3 rings (SSSR count). The first kappa shape index (κ1) is 15.7. The highest BCUT2D eigenvalue weighted by Gasteiger charge is 2.22. The Morgan fingerprint density at radius 2 is 2.13 bits per heavy atom. The molecule has 0 radical (unpaired) electrons. The van der Waals surface area contributed by atoms with Crippen molar-refractivity contribution in [1.82, 2.24) is 15.1 Å². The zero-order valence-corrected chi connectivity index (χ0v) is 13.4. The van der Waals surface area contributed by atoms with Gasteiger partial charge < -0.3 is 10.1 Å². The summed E-state index contributed by atoms with van der Waals surface area (Å²) in [5, 5.41) is 7.31. The number of hydrogen-bond acceptors (Lipinski definition) is 3. The van der Waals surface area contributed by atoms with Crippen molar-refractivity contribution in [3.8, 4) is 0 Å². The molecule has 0 unspecified atom stereocenters. The number of nitrogens with one attached hydrogen (secondary N) is 1. The molecule has 1 fully saturated rings. The van der Waals surface area contributed by atoms with Crippen molar-refractivity contribution in [2.75, 3.05) is 0 Å². The van der Waals surface area contributed by atoms with Crippen LogP contribution >= 0.6 is 0 Å². The Morgan fingerprint density at radius 3 is 2.83 bits per heavy atom. The number of nitrogens with zero attached hydrogens (tertiary/aromatic N) is 2. The molecule has 5 heteroatoms. The monoisotopic (exact) mass is 313 g/mol. The van der Waals surface area contributed by atoms with Gasteiger partial charge in [-0.25, -0.2) is 0 Å². The number of amides is 1. The van der Waals surface area contributed by atoms with Crippen molar-refractivity contribution in [3.05, 3.63) is 53.9 Å². The fraction of sp³-hybridized carbons (Fsp3) is 0.444. The molecule has 1 N–H and O–H groups in total. The van der Waals surface area contributed by atoms with Crippen LogP contribution in [0.5, 0.6) is 0 Å². The third-order valence-corrected chi connectivity index (χ3v) is 4.33. The van der Waals surface area contributed by atoms with Crippen LogP contribution in [0, 0.1) is 0 Å². The standard InChI is InChI=1S/C18H23N3O2/c1-14(23-13-15-6-3-2-4-7-15)18(22)19-12-17-10-11-20-21(17)16-8-5-9-16/h2-4,6-7,10-11,14,16H,5,8-9,12-13H2,1H3,(H,19,22)/t14-/m0/s1. The lowest BCUT2D eigenvalue weighted by Gasteiger charge is -2.27. The molecule has 1 saturated carbocycles. The van der Waals surface area contributed by atoms with E-state index >= 15 is 0 Å². The summed E-state index contributed by atoms with van der Waals surface area (Å²) in [6.07, 6.45) is 4.95. The topological polar surface area (TPSA) is 56.1 Å². The number of carbonyl (C=O) groups is 1. The summed E-state index contributed by atoms with van der Waals surface area (Å²) < 4.78 is 7.68. The second-order valence-corrected chi connectivity index (χ2v) is 6.01. The molecule has 5 nitrogen and oxygen atoms in total. The minimum absolute atomic E-state index is 0.0951. The maximum Gasteiger partial charge on any atom is 0.249 e. The molecule has 1 heterocycles. The summed E-state index contributed by atoms with van der Waals surface area (Å²) in [7, 11) is 0. The van der Waals surface area contributed by atoms with Crippen LogP contribution in [0.3, 0.4) is 0 Å². The van der Waals surface area contributed by atoms with Crippen LogP contribution < -0.4 is 5.32 Å². The van der Waals surface area contributed by atoms with Gasteiger partial charge in [0.15, 0.2) is 0 Å².